The highest BCUT2D eigenvalue weighted by Gasteiger charge is 1.83. The average molecular weight is 112 g/mol. The SMILES string of the molecule is C=C(C)CC=[N+](C)C. The molecule has 0 saturated carbocycles. The van der Waals surface area contributed by atoms with Crippen LogP contribution in [0.2, 0.25) is 0 Å². The average Bonchev–Trinajstić information content (AvgIpc) is 1.61. The number of nitrogens with zero attached hydrogens (tertiary/aromatic N) is 1. The fourth-order valence-electron chi connectivity index (χ4n) is 0.338. The Hall–Kier alpha value is -0.590. The molecule has 0 aromatic heterocycles. The predicted molar refractivity (Wildman–Crippen MR) is 37.6 cm³/mol. The number of allylic oxidation sites excluding steroid dienone is 1. The van der Waals surface area contributed by atoms with E-state index in [0.717, 1.165) is 6.42 Å². The highest BCUT2D eigenvalue weighted by Crippen LogP contribution is 1.88. The third kappa shape index (κ3) is 5.41. The Kier molecular flexibility index (Phi) is 3.16. The lowest BCUT2D eigenvalue weighted by Crippen LogP contribution is -1.97. The fraction of sp³-hybridized carbons (Fsp3) is 0.571. The quantitative estimate of drug-likeness (QED) is 0.288. The van der Waals surface area contributed by atoms with E-state index in [1.165, 1.54) is 5.57 Å². The van der Waals surface area contributed by atoms with E-state index in [1.807, 2.05) is 25.6 Å². The van der Waals surface area contributed by atoms with Crippen LogP contribution in [0.3, 0.4) is 0 Å². The first-order valence-corrected chi connectivity index (χ1v) is 2.77. The van der Waals surface area contributed by atoms with Gasteiger partial charge in [0.15, 0.2) is 0 Å². The van der Waals surface area contributed by atoms with Crippen molar-refractivity contribution in [2.75, 3.05) is 14.1 Å². The second-order valence-electron chi connectivity index (χ2n) is 2.31. The molecule has 0 radical (unpaired) electrons. The van der Waals surface area contributed by atoms with Crippen LogP contribution < -0.4 is 0 Å². The highest BCUT2D eigenvalue weighted by atomic mass is 14.9. The van der Waals surface area contributed by atoms with Crippen molar-refractivity contribution < 1.29 is 4.58 Å². The Morgan fingerprint density at radius 3 is 2.25 bits per heavy atom. The summed E-state index contributed by atoms with van der Waals surface area (Å²) >= 11 is 0. The van der Waals surface area contributed by atoms with Crippen molar-refractivity contribution >= 4 is 6.21 Å². The molecule has 0 aliphatic heterocycles. The van der Waals surface area contributed by atoms with E-state index in [2.05, 4.69) is 12.8 Å². The summed E-state index contributed by atoms with van der Waals surface area (Å²) in [5, 5.41) is 0. The first-order valence-electron chi connectivity index (χ1n) is 2.77. The zero-order valence-electron chi connectivity index (χ0n) is 5.94. The summed E-state index contributed by atoms with van der Waals surface area (Å²) < 4.78 is 2.04. The molecule has 0 fully saturated rings. The molecule has 0 bridgehead atoms. The molecule has 0 aliphatic rings. The molecule has 0 aliphatic carbocycles. The fourth-order valence-corrected chi connectivity index (χ4v) is 0.338. The van der Waals surface area contributed by atoms with Crippen molar-refractivity contribution in [3.63, 3.8) is 0 Å². The molecular formula is C7H14N+. The third-order valence-electron chi connectivity index (χ3n) is 0.805. The Balaban J connectivity index is 3.45. The Labute approximate surface area is 51.3 Å². The summed E-state index contributed by atoms with van der Waals surface area (Å²) in [6.45, 7) is 5.80. The molecule has 1 heteroatoms. The van der Waals surface area contributed by atoms with Gasteiger partial charge in [0.05, 0.1) is 0 Å². The normalized spacial score (nSPS) is 8.38. The van der Waals surface area contributed by atoms with Crippen LogP contribution in [0.1, 0.15) is 13.3 Å². The molecule has 0 aromatic carbocycles. The summed E-state index contributed by atoms with van der Waals surface area (Å²) in [5.41, 5.74) is 1.21. The maximum atomic E-state index is 3.77. The lowest BCUT2D eigenvalue weighted by molar-refractivity contribution is -0.460. The standard InChI is InChI=1S/C7H14N/c1-7(2)5-6-8(3)4/h6H,1,5H2,2-4H3/q+1. The minimum absolute atomic E-state index is 0.993. The first-order chi connectivity index (χ1) is 3.63. The van der Waals surface area contributed by atoms with Gasteiger partial charge in [-0.3, -0.25) is 0 Å². The molecule has 0 unspecified atom stereocenters. The molecule has 0 atom stereocenters. The summed E-state index contributed by atoms with van der Waals surface area (Å²) in [6, 6.07) is 0. The smallest absolute Gasteiger partial charge is 0.143 e. The van der Waals surface area contributed by atoms with E-state index in [1.54, 1.807) is 0 Å². The molecule has 0 rings (SSSR count). The Morgan fingerprint density at radius 1 is 1.62 bits per heavy atom. The van der Waals surface area contributed by atoms with Crippen LogP contribution in [0.25, 0.3) is 0 Å². The van der Waals surface area contributed by atoms with Gasteiger partial charge in [0, 0.05) is 6.42 Å². The lowest BCUT2D eigenvalue weighted by atomic mass is 10.3. The van der Waals surface area contributed by atoms with Gasteiger partial charge >= 0.3 is 0 Å². The predicted octanol–water partition coefficient (Wildman–Crippen LogP) is 1.30. The molecule has 0 saturated heterocycles. The Bertz CT molecular complexity index is 108. The van der Waals surface area contributed by atoms with E-state index in [-0.39, 0.29) is 0 Å². The van der Waals surface area contributed by atoms with Crippen LogP contribution in [0.15, 0.2) is 12.2 Å². The van der Waals surface area contributed by atoms with E-state index < -0.39 is 0 Å². The molecule has 0 aromatic rings. The van der Waals surface area contributed by atoms with Crippen LogP contribution >= 0.6 is 0 Å². The summed E-state index contributed by atoms with van der Waals surface area (Å²) in [5.74, 6) is 0. The molecule has 0 N–H and O–H groups in total. The third-order valence-corrected chi connectivity index (χ3v) is 0.805. The molecule has 8 heavy (non-hydrogen) atoms. The van der Waals surface area contributed by atoms with Crippen LogP contribution in [-0.2, 0) is 0 Å². The van der Waals surface area contributed by atoms with E-state index in [9.17, 15) is 0 Å². The topological polar surface area (TPSA) is 3.01 Å². The van der Waals surface area contributed by atoms with E-state index in [0.29, 0.717) is 0 Å². The monoisotopic (exact) mass is 112 g/mol. The number of rotatable bonds is 2. The number of hydrogen-bond acceptors (Lipinski definition) is 0. The number of hydrogen-bond donors (Lipinski definition) is 0. The van der Waals surface area contributed by atoms with Crippen molar-refractivity contribution in [2.24, 2.45) is 0 Å². The van der Waals surface area contributed by atoms with Gasteiger partial charge in [0.25, 0.3) is 0 Å². The van der Waals surface area contributed by atoms with Gasteiger partial charge in [-0.15, -0.1) is 0 Å². The molecule has 1 nitrogen and oxygen atoms in total. The van der Waals surface area contributed by atoms with Crippen LogP contribution in [-0.4, -0.2) is 24.9 Å². The van der Waals surface area contributed by atoms with Crippen LogP contribution in [0.5, 0.6) is 0 Å². The molecule has 0 spiro atoms. The largest absolute Gasteiger partial charge is 0.245 e. The van der Waals surface area contributed by atoms with Crippen LogP contribution in [0.4, 0.5) is 0 Å². The van der Waals surface area contributed by atoms with Gasteiger partial charge in [0.2, 0.25) is 0 Å². The highest BCUT2D eigenvalue weighted by molar-refractivity contribution is 5.54. The second kappa shape index (κ2) is 3.42. The minimum atomic E-state index is 0.993. The van der Waals surface area contributed by atoms with Gasteiger partial charge < -0.3 is 0 Å². The molecule has 46 valence electrons. The minimum Gasteiger partial charge on any atom is -0.245 e. The van der Waals surface area contributed by atoms with Gasteiger partial charge in [-0.2, -0.15) is 0 Å². The summed E-state index contributed by atoms with van der Waals surface area (Å²) in [4.78, 5) is 0. The van der Waals surface area contributed by atoms with Gasteiger partial charge in [-0.1, -0.05) is 12.2 Å². The van der Waals surface area contributed by atoms with E-state index >= 15 is 0 Å². The van der Waals surface area contributed by atoms with Crippen molar-refractivity contribution in [1.82, 2.24) is 0 Å². The first kappa shape index (κ1) is 7.41. The van der Waals surface area contributed by atoms with Gasteiger partial charge in [-0.25, -0.2) is 4.58 Å². The zero-order valence-corrected chi connectivity index (χ0v) is 5.94. The van der Waals surface area contributed by atoms with E-state index in [4.69, 9.17) is 0 Å². The van der Waals surface area contributed by atoms with Crippen LogP contribution in [0, 0.1) is 0 Å². The molecular weight excluding hydrogens is 98.1 g/mol. The van der Waals surface area contributed by atoms with Crippen molar-refractivity contribution in [2.45, 2.75) is 13.3 Å². The van der Waals surface area contributed by atoms with Crippen molar-refractivity contribution in [1.29, 1.82) is 0 Å². The maximum absolute atomic E-state index is 3.77. The summed E-state index contributed by atoms with van der Waals surface area (Å²) in [7, 11) is 4.03. The van der Waals surface area contributed by atoms with Crippen molar-refractivity contribution in [3.05, 3.63) is 12.2 Å². The lowest BCUT2D eigenvalue weighted by Gasteiger charge is -1.86. The molecule has 0 amide bonds. The van der Waals surface area contributed by atoms with Crippen molar-refractivity contribution in [3.8, 4) is 0 Å². The molecule has 0 heterocycles. The Morgan fingerprint density at radius 2 is 2.12 bits per heavy atom. The van der Waals surface area contributed by atoms with Gasteiger partial charge in [0.1, 0.15) is 20.3 Å². The van der Waals surface area contributed by atoms with Gasteiger partial charge in [-0.05, 0) is 6.92 Å². The maximum Gasteiger partial charge on any atom is 0.143 e. The summed E-state index contributed by atoms with van der Waals surface area (Å²) in [6.07, 6.45) is 3.09. The zero-order chi connectivity index (χ0) is 6.57. The second-order valence-corrected chi connectivity index (χ2v) is 2.31.